The minimum atomic E-state index is -4.27. The number of carbonyl (C=O) groups excluding carboxylic acids is 1. The molecule has 0 unspecified atom stereocenters. The van der Waals surface area contributed by atoms with Gasteiger partial charge in [-0.25, -0.2) is 13.0 Å². The minimum Gasteiger partial charge on any atom is -0.744 e. The summed E-state index contributed by atoms with van der Waals surface area (Å²) in [6, 6.07) is 21.2. The predicted molar refractivity (Wildman–Crippen MR) is 127 cm³/mol. The lowest BCUT2D eigenvalue weighted by molar-refractivity contribution is -0.644. The largest absolute Gasteiger partial charge is 0.744 e. The van der Waals surface area contributed by atoms with Gasteiger partial charge in [-0.15, -0.1) is 11.3 Å². The van der Waals surface area contributed by atoms with Gasteiger partial charge in [0.05, 0.1) is 15.2 Å². The lowest BCUT2D eigenvalue weighted by Crippen LogP contribution is -2.28. The first-order chi connectivity index (χ1) is 15.7. The Bertz CT molecular complexity index is 1470. The molecule has 0 bridgehead atoms. The van der Waals surface area contributed by atoms with Crippen molar-refractivity contribution >= 4 is 44.2 Å². The zero-order valence-electron chi connectivity index (χ0n) is 17.9. The van der Waals surface area contributed by atoms with E-state index in [1.54, 1.807) is 24.3 Å². The van der Waals surface area contributed by atoms with Crippen LogP contribution in [0.15, 0.2) is 88.8 Å². The van der Waals surface area contributed by atoms with Gasteiger partial charge in [0.2, 0.25) is 11.3 Å². The number of fused-ring (bicyclic) bond motifs is 1. The first-order valence-corrected chi connectivity index (χ1v) is 12.1. The standard InChI is InChI=1S/C18H13N2OS.C7H8O3S/c1-20-9-8-13(15-5-2-3-6-16(15)20)11-14(12-19)18(21)17-7-4-10-22-17;1-6-2-4-7(5-3-6)11(8,9)10/h2-11H,1H3;2-5H,1H3,(H,8,9,10)/q+1;/p-1. The number of hydrogen-bond acceptors (Lipinski definition) is 6. The highest BCUT2D eigenvalue weighted by molar-refractivity contribution is 7.85. The van der Waals surface area contributed by atoms with Gasteiger partial charge < -0.3 is 4.55 Å². The fourth-order valence-corrected chi connectivity index (χ4v) is 4.21. The van der Waals surface area contributed by atoms with Crippen molar-refractivity contribution in [2.24, 2.45) is 7.05 Å². The number of aryl methyl sites for hydroxylation is 2. The molecule has 2 heterocycles. The summed E-state index contributed by atoms with van der Waals surface area (Å²) in [5.41, 5.74) is 3.01. The second-order valence-corrected chi connectivity index (χ2v) is 9.47. The Morgan fingerprint density at radius 1 is 1.06 bits per heavy atom. The van der Waals surface area contributed by atoms with Gasteiger partial charge in [-0.05, 0) is 48.2 Å². The predicted octanol–water partition coefficient (Wildman–Crippen LogP) is 4.41. The van der Waals surface area contributed by atoms with Crippen molar-refractivity contribution in [3.8, 4) is 6.07 Å². The van der Waals surface area contributed by atoms with Crippen LogP contribution in [0.5, 0.6) is 0 Å². The van der Waals surface area contributed by atoms with E-state index in [1.807, 2.05) is 72.6 Å². The summed E-state index contributed by atoms with van der Waals surface area (Å²) in [5.74, 6) is -0.227. The molecule has 33 heavy (non-hydrogen) atoms. The highest BCUT2D eigenvalue weighted by atomic mass is 32.2. The first-order valence-electron chi connectivity index (χ1n) is 9.80. The number of carbonyl (C=O) groups is 1. The van der Waals surface area contributed by atoms with Crippen LogP contribution in [0, 0.1) is 18.3 Å². The van der Waals surface area contributed by atoms with E-state index in [2.05, 4.69) is 0 Å². The Morgan fingerprint density at radius 2 is 1.76 bits per heavy atom. The quantitative estimate of drug-likeness (QED) is 0.143. The number of nitrogens with zero attached hydrogens (tertiary/aromatic N) is 2. The van der Waals surface area contributed by atoms with Crippen LogP contribution in [0.25, 0.3) is 17.0 Å². The minimum absolute atomic E-state index is 0.154. The average Bonchev–Trinajstić information content (AvgIpc) is 3.34. The van der Waals surface area contributed by atoms with E-state index in [9.17, 15) is 23.0 Å². The van der Waals surface area contributed by atoms with Crippen molar-refractivity contribution < 1.29 is 22.3 Å². The molecule has 0 spiro atoms. The molecule has 0 aliphatic rings. The van der Waals surface area contributed by atoms with Gasteiger partial charge in [0.15, 0.2) is 6.20 Å². The van der Waals surface area contributed by atoms with Crippen LogP contribution in [0.4, 0.5) is 0 Å². The smallest absolute Gasteiger partial charge is 0.213 e. The lowest BCUT2D eigenvalue weighted by Gasteiger charge is -2.05. The van der Waals surface area contributed by atoms with Crippen molar-refractivity contribution in [2.45, 2.75) is 11.8 Å². The zero-order valence-corrected chi connectivity index (χ0v) is 19.6. The third-order valence-electron chi connectivity index (χ3n) is 4.79. The van der Waals surface area contributed by atoms with E-state index in [4.69, 9.17) is 0 Å². The molecule has 0 N–H and O–H groups in total. The Labute approximate surface area is 196 Å². The summed E-state index contributed by atoms with van der Waals surface area (Å²) in [5, 5.41) is 12.2. The van der Waals surface area contributed by atoms with Crippen LogP contribution in [-0.2, 0) is 17.2 Å². The third kappa shape index (κ3) is 5.99. The van der Waals surface area contributed by atoms with Gasteiger partial charge in [0.25, 0.3) is 0 Å². The van der Waals surface area contributed by atoms with Crippen molar-refractivity contribution in [1.29, 1.82) is 5.26 Å². The van der Waals surface area contributed by atoms with Gasteiger partial charge >= 0.3 is 0 Å². The molecule has 2 aromatic carbocycles. The molecule has 2 aromatic heterocycles. The number of ketones is 1. The Morgan fingerprint density at radius 3 is 2.36 bits per heavy atom. The summed E-state index contributed by atoms with van der Waals surface area (Å²) in [4.78, 5) is 12.8. The van der Waals surface area contributed by atoms with Gasteiger partial charge in [-0.1, -0.05) is 35.9 Å². The van der Waals surface area contributed by atoms with Crippen LogP contribution >= 0.6 is 11.3 Å². The summed E-state index contributed by atoms with van der Waals surface area (Å²) >= 11 is 1.35. The first kappa shape index (κ1) is 24.0. The van der Waals surface area contributed by atoms with Crippen LogP contribution in [-0.4, -0.2) is 18.8 Å². The molecule has 0 fully saturated rings. The molecule has 4 rings (SSSR count). The number of nitriles is 1. The maximum Gasteiger partial charge on any atom is 0.213 e. The van der Waals surface area contributed by atoms with E-state index in [0.29, 0.717) is 4.88 Å². The van der Waals surface area contributed by atoms with Crippen LogP contribution < -0.4 is 4.57 Å². The second kappa shape index (κ2) is 10.3. The number of para-hydroxylation sites is 1. The van der Waals surface area contributed by atoms with Crippen molar-refractivity contribution in [3.63, 3.8) is 0 Å². The van der Waals surface area contributed by atoms with E-state index in [0.717, 1.165) is 22.0 Å². The molecule has 0 saturated heterocycles. The molecule has 0 aliphatic heterocycles. The highest BCUT2D eigenvalue weighted by Crippen LogP contribution is 2.21. The Balaban J connectivity index is 0.000000235. The molecule has 0 amide bonds. The molecule has 8 heteroatoms. The molecule has 0 atom stereocenters. The van der Waals surface area contributed by atoms with Crippen LogP contribution in [0.3, 0.4) is 0 Å². The van der Waals surface area contributed by atoms with E-state index >= 15 is 0 Å². The number of allylic oxidation sites excluding steroid dienone is 1. The molecular formula is C25H20N2O4S2. The maximum atomic E-state index is 12.4. The van der Waals surface area contributed by atoms with Crippen LogP contribution in [0.1, 0.15) is 20.8 Å². The molecule has 6 nitrogen and oxygen atoms in total. The lowest BCUT2D eigenvalue weighted by atomic mass is 10.0. The fourth-order valence-electron chi connectivity index (χ4n) is 3.06. The van der Waals surface area contributed by atoms with Gasteiger partial charge in [-0.3, -0.25) is 4.79 Å². The average molecular weight is 477 g/mol. The Kier molecular flexibility index (Phi) is 7.51. The molecule has 4 aromatic rings. The van der Waals surface area contributed by atoms with Gasteiger partial charge in [0, 0.05) is 12.1 Å². The SMILES string of the molecule is C[n+]1ccc(C=C(C#N)C(=O)c2cccs2)c2ccccc21.Cc1ccc(S(=O)(=O)[O-])cc1. The maximum absolute atomic E-state index is 12.4. The number of benzene rings is 2. The summed E-state index contributed by atoms with van der Waals surface area (Å²) in [7, 11) is -2.30. The molecule has 0 radical (unpaired) electrons. The van der Waals surface area contributed by atoms with E-state index < -0.39 is 10.1 Å². The number of rotatable bonds is 4. The number of thiophene rings is 1. The summed E-state index contributed by atoms with van der Waals surface area (Å²) < 4.78 is 33.2. The van der Waals surface area contributed by atoms with E-state index in [1.165, 1.54) is 23.5 Å². The van der Waals surface area contributed by atoms with Gasteiger partial charge in [0.1, 0.15) is 28.8 Å². The van der Waals surface area contributed by atoms with Crippen LogP contribution in [0.2, 0.25) is 0 Å². The molecule has 166 valence electrons. The number of aromatic nitrogens is 1. The number of Topliss-reactive ketones (excluding diaryl/α,β-unsaturated/α-hetero) is 1. The Hall–Kier alpha value is -3.64. The molecular weight excluding hydrogens is 456 g/mol. The number of pyridine rings is 1. The second-order valence-electron chi connectivity index (χ2n) is 7.14. The monoisotopic (exact) mass is 476 g/mol. The fraction of sp³-hybridized carbons (Fsp3) is 0.0800. The molecule has 0 saturated carbocycles. The number of hydrogen-bond donors (Lipinski definition) is 0. The molecule has 0 aliphatic carbocycles. The normalized spacial score (nSPS) is 11.4. The van der Waals surface area contributed by atoms with Crippen molar-refractivity contribution in [1.82, 2.24) is 0 Å². The van der Waals surface area contributed by atoms with E-state index in [-0.39, 0.29) is 16.3 Å². The zero-order chi connectivity index (χ0) is 24.0. The summed E-state index contributed by atoms with van der Waals surface area (Å²) in [6.45, 7) is 1.82. The third-order valence-corrected chi connectivity index (χ3v) is 6.51. The summed E-state index contributed by atoms with van der Waals surface area (Å²) in [6.07, 6.45) is 3.60. The highest BCUT2D eigenvalue weighted by Gasteiger charge is 2.15. The van der Waals surface area contributed by atoms with Crippen molar-refractivity contribution in [2.75, 3.05) is 0 Å². The van der Waals surface area contributed by atoms with Crippen molar-refractivity contribution in [3.05, 3.63) is 99.9 Å². The van der Waals surface area contributed by atoms with Gasteiger partial charge in [-0.2, -0.15) is 5.26 Å². The topological polar surface area (TPSA) is 102 Å².